The maximum Gasteiger partial charge on any atom is 0.407 e. The lowest BCUT2D eigenvalue weighted by molar-refractivity contribution is -0.144. The Hall–Kier alpha value is -3.39. The molecule has 0 heterocycles. The van der Waals surface area contributed by atoms with Crippen LogP contribution >= 0.6 is 0 Å². The molecule has 3 N–H and O–H groups in total. The number of benzene rings is 2. The first-order chi connectivity index (χ1) is 16.5. The standard InChI is InChI=1S/C26H30N2O6/c1-33-15-23(25(30)31)27-24(29)20-12-6-7-13-22(20)28-26(32)34-14-21-18-10-4-2-8-16(18)17-9-3-5-11-19(17)21/h2-5,8-11,20-23H,6-7,12-15H2,1H3,(H,27,29)(H,28,32)(H,30,31)/t20-,22+,23?/m1/s1. The summed E-state index contributed by atoms with van der Waals surface area (Å²) in [6, 6.07) is 14.7. The molecule has 1 fully saturated rings. The monoisotopic (exact) mass is 466 g/mol. The second-order valence-electron chi connectivity index (χ2n) is 8.82. The molecule has 2 aromatic rings. The number of hydrogen-bond donors (Lipinski definition) is 3. The topological polar surface area (TPSA) is 114 Å². The Kier molecular flexibility index (Phi) is 7.47. The van der Waals surface area contributed by atoms with Crippen LogP contribution in [-0.4, -0.2) is 55.5 Å². The smallest absolute Gasteiger partial charge is 0.407 e. The van der Waals surface area contributed by atoms with Crippen LogP contribution in [0.2, 0.25) is 0 Å². The van der Waals surface area contributed by atoms with E-state index in [1.807, 2.05) is 24.3 Å². The van der Waals surface area contributed by atoms with Gasteiger partial charge in [0, 0.05) is 19.1 Å². The zero-order valence-corrected chi connectivity index (χ0v) is 19.2. The molecule has 2 aromatic carbocycles. The summed E-state index contributed by atoms with van der Waals surface area (Å²) >= 11 is 0. The first-order valence-corrected chi connectivity index (χ1v) is 11.6. The van der Waals surface area contributed by atoms with Gasteiger partial charge in [-0.05, 0) is 35.1 Å². The maximum absolute atomic E-state index is 12.8. The summed E-state index contributed by atoms with van der Waals surface area (Å²) in [5.74, 6) is -2.12. The molecule has 0 bridgehead atoms. The quantitative estimate of drug-likeness (QED) is 0.550. The lowest BCUT2D eigenvalue weighted by atomic mass is 9.83. The van der Waals surface area contributed by atoms with E-state index in [1.54, 1.807) is 0 Å². The molecule has 4 rings (SSSR count). The number of ether oxygens (including phenoxy) is 2. The predicted molar refractivity (Wildman–Crippen MR) is 125 cm³/mol. The van der Waals surface area contributed by atoms with Crippen LogP contribution < -0.4 is 10.6 Å². The van der Waals surface area contributed by atoms with E-state index in [0.29, 0.717) is 12.8 Å². The second-order valence-corrected chi connectivity index (χ2v) is 8.82. The molecule has 2 aliphatic carbocycles. The average molecular weight is 467 g/mol. The summed E-state index contributed by atoms with van der Waals surface area (Å²) in [6.07, 6.45) is 2.34. The largest absolute Gasteiger partial charge is 0.480 e. The van der Waals surface area contributed by atoms with Crippen molar-refractivity contribution in [1.82, 2.24) is 10.6 Å². The molecule has 34 heavy (non-hydrogen) atoms. The summed E-state index contributed by atoms with van der Waals surface area (Å²) < 4.78 is 10.5. The van der Waals surface area contributed by atoms with Crippen LogP contribution in [0.25, 0.3) is 11.1 Å². The first-order valence-electron chi connectivity index (χ1n) is 11.6. The van der Waals surface area contributed by atoms with Crippen molar-refractivity contribution in [2.75, 3.05) is 20.3 Å². The highest BCUT2D eigenvalue weighted by Crippen LogP contribution is 2.44. The van der Waals surface area contributed by atoms with Gasteiger partial charge in [0.05, 0.1) is 12.5 Å². The van der Waals surface area contributed by atoms with Crippen molar-refractivity contribution in [3.63, 3.8) is 0 Å². The Morgan fingerprint density at radius 1 is 1.00 bits per heavy atom. The highest BCUT2D eigenvalue weighted by Gasteiger charge is 2.35. The number of fused-ring (bicyclic) bond motifs is 3. The van der Waals surface area contributed by atoms with Crippen LogP contribution in [0.4, 0.5) is 4.79 Å². The van der Waals surface area contributed by atoms with Gasteiger partial charge in [-0.1, -0.05) is 61.4 Å². The van der Waals surface area contributed by atoms with Crippen LogP contribution in [0.5, 0.6) is 0 Å². The third-order valence-corrected chi connectivity index (χ3v) is 6.70. The lowest BCUT2D eigenvalue weighted by Crippen LogP contribution is -2.52. The zero-order chi connectivity index (χ0) is 24.1. The van der Waals surface area contributed by atoms with E-state index in [9.17, 15) is 19.5 Å². The number of rotatable bonds is 8. The van der Waals surface area contributed by atoms with Gasteiger partial charge in [-0.2, -0.15) is 0 Å². The molecule has 8 heteroatoms. The van der Waals surface area contributed by atoms with Gasteiger partial charge >= 0.3 is 12.1 Å². The van der Waals surface area contributed by atoms with E-state index in [2.05, 4.69) is 34.9 Å². The highest BCUT2D eigenvalue weighted by atomic mass is 16.5. The minimum atomic E-state index is -1.16. The van der Waals surface area contributed by atoms with E-state index in [4.69, 9.17) is 9.47 Å². The van der Waals surface area contributed by atoms with Crippen LogP contribution in [0.15, 0.2) is 48.5 Å². The second kappa shape index (κ2) is 10.7. The maximum atomic E-state index is 12.8. The number of carbonyl (C=O) groups excluding carboxylic acids is 2. The molecule has 2 aliphatic rings. The van der Waals surface area contributed by atoms with Gasteiger partial charge in [-0.25, -0.2) is 9.59 Å². The molecule has 0 aliphatic heterocycles. The van der Waals surface area contributed by atoms with Gasteiger partial charge in [-0.3, -0.25) is 4.79 Å². The molecule has 180 valence electrons. The third kappa shape index (κ3) is 5.07. The summed E-state index contributed by atoms with van der Waals surface area (Å²) in [6.45, 7) is 0.0661. The van der Waals surface area contributed by atoms with E-state index in [-0.39, 0.29) is 19.1 Å². The summed E-state index contributed by atoms with van der Waals surface area (Å²) in [5, 5.41) is 14.7. The molecular weight excluding hydrogens is 436 g/mol. The number of alkyl carbamates (subject to hydrolysis) is 1. The van der Waals surface area contributed by atoms with E-state index in [0.717, 1.165) is 35.1 Å². The zero-order valence-electron chi connectivity index (χ0n) is 19.2. The SMILES string of the molecule is COCC(NC(=O)[C@@H]1CCCC[C@@H]1NC(=O)OCC1c2ccccc2-c2ccccc21)C(=O)O. The highest BCUT2D eigenvalue weighted by molar-refractivity contribution is 5.86. The Bertz CT molecular complexity index is 1010. The van der Waals surface area contributed by atoms with Crippen molar-refractivity contribution in [2.24, 2.45) is 5.92 Å². The van der Waals surface area contributed by atoms with Crippen molar-refractivity contribution in [2.45, 2.75) is 43.7 Å². The van der Waals surface area contributed by atoms with Gasteiger partial charge in [0.1, 0.15) is 6.61 Å². The Labute approximate surface area is 198 Å². The Balaban J connectivity index is 1.38. The molecule has 0 aromatic heterocycles. The fraction of sp³-hybridized carbons (Fsp3) is 0.423. The van der Waals surface area contributed by atoms with Crippen molar-refractivity contribution in [3.8, 4) is 11.1 Å². The van der Waals surface area contributed by atoms with Crippen molar-refractivity contribution in [1.29, 1.82) is 0 Å². The molecule has 1 unspecified atom stereocenters. The van der Waals surface area contributed by atoms with E-state index in [1.165, 1.54) is 7.11 Å². The predicted octanol–water partition coefficient (Wildman–Crippen LogP) is 3.30. The van der Waals surface area contributed by atoms with Crippen LogP contribution in [-0.2, 0) is 19.1 Å². The fourth-order valence-electron chi connectivity index (χ4n) is 5.03. The summed E-state index contributed by atoms with van der Waals surface area (Å²) in [7, 11) is 1.38. The molecule has 8 nitrogen and oxygen atoms in total. The van der Waals surface area contributed by atoms with Gasteiger partial charge in [0.2, 0.25) is 5.91 Å². The van der Waals surface area contributed by atoms with E-state index >= 15 is 0 Å². The van der Waals surface area contributed by atoms with Crippen molar-refractivity contribution >= 4 is 18.0 Å². The molecule has 3 atom stereocenters. The number of amides is 2. The summed E-state index contributed by atoms with van der Waals surface area (Å²) in [4.78, 5) is 36.9. The molecule has 0 radical (unpaired) electrons. The molecular formula is C26H30N2O6. The number of hydrogen-bond acceptors (Lipinski definition) is 5. The van der Waals surface area contributed by atoms with Gasteiger partial charge in [0.15, 0.2) is 6.04 Å². The van der Waals surface area contributed by atoms with Crippen LogP contribution in [0, 0.1) is 5.92 Å². The fourth-order valence-corrected chi connectivity index (χ4v) is 5.03. The Morgan fingerprint density at radius 3 is 2.24 bits per heavy atom. The van der Waals surface area contributed by atoms with Crippen LogP contribution in [0.1, 0.15) is 42.7 Å². The Morgan fingerprint density at radius 2 is 1.62 bits per heavy atom. The van der Waals surface area contributed by atoms with Gasteiger partial charge in [0.25, 0.3) is 0 Å². The molecule has 1 saturated carbocycles. The number of aliphatic carboxylic acids is 1. The molecule has 0 saturated heterocycles. The number of carboxylic acids is 1. The number of carboxylic acid groups (broad SMARTS) is 1. The number of methoxy groups -OCH3 is 1. The third-order valence-electron chi connectivity index (χ3n) is 6.70. The lowest BCUT2D eigenvalue weighted by Gasteiger charge is -2.31. The van der Waals surface area contributed by atoms with Crippen LogP contribution in [0.3, 0.4) is 0 Å². The molecule has 2 amide bonds. The number of nitrogens with one attached hydrogen (secondary N) is 2. The minimum Gasteiger partial charge on any atom is -0.480 e. The number of carbonyl (C=O) groups is 3. The average Bonchev–Trinajstić information content (AvgIpc) is 3.16. The van der Waals surface area contributed by atoms with Gasteiger partial charge < -0.3 is 25.2 Å². The van der Waals surface area contributed by atoms with Crippen molar-refractivity contribution in [3.05, 3.63) is 59.7 Å². The minimum absolute atomic E-state index is 0.0472. The van der Waals surface area contributed by atoms with Gasteiger partial charge in [-0.15, -0.1) is 0 Å². The normalized spacial score (nSPS) is 20.0. The molecule has 0 spiro atoms. The van der Waals surface area contributed by atoms with E-state index < -0.39 is 36.0 Å². The first kappa shape index (κ1) is 23.8. The summed E-state index contributed by atoms with van der Waals surface area (Å²) in [5.41, 5.74) is 4.56. The van der Waals surface area contributed by atoms with Crippen molar-refractivity contribution < 1.29 is 29.0 Å².